The van der Waals surface area contributed by atoms with Crippen molar-refractivity contribution in [1.29, 1.82) is 0 Å². The summed E-state index contributed by atoms with van der Waals surface area (Å²) in [4.78, 5) is 11.0. The van der Waals surface area contributed by atoms with Gasteiger partial charge < -0.3 is 9.52 Å². The molecule has 7 nitrogen and oxygen atoms in total. The van der Waals surface area contributed by atoms with Crippen molar-refractivity contribution in [3.05, 3.63) is 17.9 Å². The Morgan fingerprint density at radius 2 is 2.35 bits per heavy atom. The molecular weight excluding hydrogens is 260 g/mol. The number of carbonyl (C=O) groups is 1. The highest BCUT2D eigenvalue weighted by Crippen LogP contribution is 2.42. The fraction of sp³-hybridized carbons (Fsp3) is 0.538. The number of carboxylic acid groups (broad SMARTS) is 1. The second-order valence-corrected chi connectivity index (χ2v) is 5.07. The first-order valence-electron chi connectivity index (χ1n) is 6.77. The number of carboxylic acids is 1. The number of tetrazole rings is 1. The van der Waals surface area contributed by atoms with Crippen molar-refractivity contribution in [2.45, 2.75) is 38.6 Å². The van der Waals surface area contributed by atoms with Gasteiger partial charge in [-0.15, -0.1) is 5.10 Å². The lowest BCUT2D eigenvalue weighted by atomic mass is 10.1. The third kappa shape index (κ3) is 2.43. The standard InChI is InChI=1S/C13H16N4O3/c1-2-9-5-6-11(20-9)13-14-15-16-17(13)10(7-12(18)19)8-3-4-8/h5-6,8,10H,2-4,7H2,1H3,(H,18,19). The molecular formula is C13H16N4O3. The van der Waals surface area contributed by atoms with Gasteiger partial charge in [0.25, 0.3) is 0 Å². The van der Waals surface area contributed by atoms with Gasteiger partial charge in [0.2, 0.25) is 5.82 Å². The normalized spacial score (nSPS) is 16.2. The number of rotatable bonds is 6. The van der Waals surface area contributed by atoms with E-state index in [1.807, 2.05) is 19.1 Å². The smallest absolute Gasteiger partial charge is 0.305 e. The van der Waals surface area contributed by atoms with Crippen molar-refractivity contribution < 1.29 is 14.3 Å². The number of furan rings is 1. The van der Waals surface area contributed by atoms with Gasteiger partial charge in [-0.1, -0.05) is 6.92 Å². The van der Waals surface area contributed by atoms with Gasteiger partial charge in [0, 0.05) is 6.42 Å². The van der Waals surface area contributed by atoms with Gasteiger partial charge >= 0.3 is 5.97 Å². The van der Waals surface area contributed by atoms with Crippen molar-refractivity contribution in [2.75, 3.05) is 0 Å². The number of hydrogen-bond donors (Lipinski definition) is 1. The average molecular weight is 276 g/mol. The molecule has 0 spiro atoms. The SMILES string of the molecule is CCc1ccc(-c2nnnn2C(CC(=O)O)C2CC2)o1. The number of nitrogens with zero attached hydrogens (tertiary/aromatic N) is 4. The lowest BCUT2D eigenvalue weighted by molar-refractivity contribution is -0.138. The Bertz CT molecular complexity index is 615. The Hall–Kier alpha value is -2.18. The predicted molar refractivity (Wildman–Crippen MR) is 68.9 cm³/mol. The molecule has 0 amide bonds. The maximum absolute atomic E-state index is 11.0. The molecule has 0 aliphatic heterocycles. The number of hydrogen-bond acceptors (Lipinski definition) is 5. The van der Waals surface area contributed by atoms with E-state index in [-0.39, 0.29) is 12.5 Å². The molecule has 106 valence electrons. The highest BCUT2D eigenvalue weighted by atomic mass is 16.4. The lowest BCUT2D eigenvalue weighted by Crippen LogP contribution is -2.18. The Balaban J connectivity index is 1.93. The van der Waals surface area contributed by atoms with Crippen molar-refractivity contribution in [2.24, 2.45) is 5.92 Å². The molecule has 1 aliphatic carbocycles. The molecule has 2 aromatic heterocycles. The highest BCUT2D eigenvalue weighted by molar-refractivity contribution is 5.67. The lowest BCUT2D eigenvalue weighted by Gasteiger charge is -2.14. The summed E-state index contributed by atoms with van der Waals surface area (Å²) in [7, 11) is 0. The molecule has 2 aromatic rings. The topological polar surface area (TPSA) is 94.0 Å². The zero-order valence-corrected chi connectivity index (χ0v) is 11.2. The van der Waals surface area contributed by atoms with E-state index in [4.69, 9.17) is 9.52 Å². The molecule has 0 saturated heterocycles. The molecule has 0 radical (unpaired) electrons. The summed E-state index contributed by atoms with van der Waals surface area (Å²) in [6, 6.07) is 3.51. The van der Waals surface area contributed by atoms with Crippen LogP contribution in [0.3, 0.4) is 0 Å². The molecule has 1 aliphatic rings. The molecule has 20 heavy (non-hydrogen) atoms. The first kappa shape index (κ1) is 12.8. The maximum Gasteiger partial charge on any atom is 0.305 e. The van der Waals surface area contributed by atoms with Crippen LogP contribution >= 0.6 is 0 Å². The van der Waals surface area contributed by atoms with Crippen LogP contribution in [0.4, 0.5) is 0 Å². The van der Waals surface area contributed by atoms with Gasteiger partial charge in [0.15, 0.2) is 5.76 Å². The van der Waals surface area contributed by atoms with Gasteiger partial charge in [0.05, 0.1) is 12.5 Å². The fourth-order valence-corrected chi connectivity index (χ4v) is 2.38. The van der Waals surface area contributed by atoms with Crippen molar-refractivity contribution in [3.63, 3.8) is 0 Å². The molecule has 0 aromatic carbocycles. The highest BCUT2D eigenvalue weighted by Gasteiger charge is 2.36. The van der Waals surface area contributed by atoms with Crippen molar-refractivity contribution >= 4 is 5.97 Å². The Morgan fingerprint density at radius 3 is 2.95 bits per heavy atom. The van der Waals surface area contributed by atoms with Crippen LogP contribution in [0.25, 0.3) is 11.6 Å². The summed E-state index contributed by atoms with van der Waals surface area (Å²) in [6.45, 7) is 2.00. The zero-order chi connectivity index (χ0) is 14.1. The van der Waals surface area contributed by atoms with Crippen LogP contribution in [-0.4, -0.2) is 31.3 Å². The van der Waals surface area contributed by atoms with Crippen LogP contribution in [0, 0.1) is 5.92 Å². The number of aromatic nitrogens is 4. The summed E-state index contributed by atoms with van der Waals surface area (Å²) >= 11 is 0. The molecule has 1 saturated carbocycles. The van der Waals surface area contributed by atoms with Crippen LogP contribution in [0.2, 0.25) is 0 Å². The second-order valence-electron chi connectivity index (χ2n) is 5.07. The Labute approximate surface area is 115 Å². The zero-order valence-electron chi connectivity index (χ0n) is 11.2. The van der Waals surface area contributed by atoms with Crippen molar-refractivity contribution in [3.8, 4) is 11.6 Å². The van der Waals surface area contributed by atoms with E-state index in [0.717, 1.165) is 25.0 Å². The number of aryl methyl sites for hydroxylation is 1. The first-order chi connectivity index (χ1) is 9.69. The maximum atomic E-state index is 11.0. The van der Waals surface area contributed by atoms with E-state index >= 15 is 0 Å². The summed E-state index contributed by atoms with van der Waals surface area (Å²) in [5.41, 5.74) is 0. The minimum Gasteiger partial charge on any atom is -0.481 e. The molecule has 0 bridgehead atoms. The van der Waals surface area contributed by atoms with E-state index in [1.165, 1.54) is 0 Å². The van der Waals surface area contributed by atoms with Crippen LogP contribution in [0.1, 0.15) is 38.0 Å². The summed E-state index contributed by atoms with van der Waals surface area (Å²) in [6.07, 6.45) is 2.87. The molecule has 3 rings (SSSR count). The van der Waals surface area contributed by atoms with Crippen molar-refractivity contribution in [1.82, 2.24) is 20.2 Å². The third-order valence-corrected chi connectivity index (χ3v) is 3.59. The van der Waals surface area contributed by atoms with Crippen LogP contribution in [0.5, 0.6) is 0 Å². The minimum absolute atomic E-state index is 0.0318. The monoisotopic (exact) mass is 276 g/mol. The van der Waals surface area contributed by atoms with Gasteiger partial charge in [-0.05, 0) is 41.3 Å². The van der Waals surface area contributed by atoms with E-state index in [9.17, 15) is 4.79 Å². The minimum atomic E-state index is -0.836. The summed E-state index contributed by atoms with van der Waals surface area (Å²) in [5.74, 6) is 1.45. The quantitative estimate of drug-likeness (QED) is 0.866. The van der Waals surface area contributed by atoms with E-state index in [1.54, 1.807) is 4.68 Å². The molecule has 7 heteroatoms. The van der Waals surface area contributed by atoms with Gasteiger partial charge in [-0.25, -0.2) is 4.68 Å². The van der Waals surface area contributed by atoms with Crippen LogP contribution < -0.4 is 0 Å². The Morgan fingerprint density at radius 1 is 1.55 bits per heavy atom. The number of aliphatic carboxylic acids is 1. The van der Waals surface area contributed by atoms with E-state index in [2.05, 4.69) is 15.5 Å². The van der Waals surface area contributed by atoms with Gasteiger partial charge in [0.1, 0.15) is 5.76 Å². The predicted octanol–water partition coefficient (Wildman–Crippen LogP) is 1.92. The van der Waals surface area contributed by atoms with Crippen LogP contribution in [0.15, 0.2) is 16.5 Å². The third-order valence-electron chi connectivity index (χ3n) is 3.59. The van der Waals surface area contributed by atoms with Crippen LogP contribution in [-0.2, 0) is 11.2 Å². The van der Waals surface area contributed by atoms with Gasteiger partial charge in [-0.3, -0.25) is 4.79 Å². The fourth-order valence-electron chi connectivity index (χ4n) is 2.38. The molecule has 1 fully saturated rings. The summed E-state index contributed by atoms with van der Waals surface area (Å²) in [5, 5.41) is 20.7. The molecule has 2 heterocycles. The largest absolute Gasteiger partial charge is 0.481 e. The molecule has 1 N–H and O–H groups in total. The van der Waals surface area contributed by atoms with E-state index < -0.39 is 5.97 Å². The Kier molecular flexibility index (Phi) is 3.25. The first-order valence-corrected chi connectivity index (χ1v) is 6.77. The van der Waals surface area contributed by atoms with Gasteiger partial charge in [-0.2, -0.15) is 0 Å². The van der Waals surface area contributed by atoms with E-state index in [0.29, 0.717) is 17.5 Å². The molecule has 1 atom stereocenters. The second kappa shape index (κ2) is 5.07. The molecule has 1 unspecified atom stereocenters. The summed E-state index contributed by atoms with van der Waals surface area (Å²) < 4.78 is 7.26. The average Bonchev–Trinajstić information content (AvgIpc) is 2.97.